The predicted octanol–water partition coefficient (Wildman–Crippen LogP) is 2.87. The summed E-state index contributed by atoms with van der Waals surface area (Å²) < 4.78 is 13.9. The second kappa shape index (κ2) is 10.7. The molecule has 2 N–H and O–H groups in total. The van der Waals surface area contributed by atoms with E-state index in [0.29, 0.717) is 35.7 Å². The molecule has 0 radical (unpaired) electrons. The van der Waals surface area contributed by atoms with Gasteiger partial charge >= 0.3 is 0 Å². The Balaban J connectivity index is 2.42. The van der Waals surface area contributed by atoms with Gasteiger partial charge in [0.15, 0.2) is 5.96 Å². The lowest BCUT2D eigenvalue weighted by molar-refractivity contribution is 0.173. The van der Waals surface area contributed by atoms with Crippen LogP contribution in [0.5, 0.6) is 0 Å². The van der Waals surface area contributed by atoms with Gasteiger partial charge < -0.3 is 10.6 Å². The Morgan fingerprint density at radius 2 is 1.92 bits per heavy atom. The molecule has 1 aromatic rings. The van der Waals surface area contributed by atoms with Crippen LogP contribution in [0.3, 0.4) is 0 Å². The molecule has 0 saturated heterocycles. The summed E-state index contributed by atoms with van der Waals surface area (Å²) in [5.74, 6) is 0.260. The van der Waals surface area contributed by atoms with Crippen molar-refractivity contribution in [2.24, 2.45) is 4.99 Å². The first-order valence-electron chi connectivity index (χ1n) is 8.77. The number of nitrogens with zero attached hydrogens (tertiary/aromatic N) is 3. The fraction of sp³-hybridized carbons (Fsp3) is 0.579. The third kappa shape index (κ3) is 7.10. The highest BCUT2D eigenvalue weighted by molar-refractivity contribution is 5.79. The summed E-state index contributed by atoms with van der Waals surface area (Å²) in [6, 6.07) is 7.47. The molecule has 0 saturated carbocycles. The summed E-state index contributed by atoms with van der Waals surface area (Å²) in [7, 11) is 1.69. The molecule has 0 heterocycles. The Hall–Kier alpha value is -2.13. The van der Waals surface area contributed by atoms with Crippen LogP contribution < -0.4 is 10.6 Å². The fourth-order valence-corrected chi connectivity index (χ4v) is 2.74. The highest BCUT2D eigenvalue weighted by atomic mass is 19.1. The second-order valence-corrected chi connectivity index (χ2v) is 6.55. The van der Waals surface area contributed by atoms with Crippen molar-refractivity contribution in [3.8, 4) is 6.07 Å². The zero-order valence-electron chi connectivity index (χ0n) is 15.9. The zero-order chi connectivity index (χ0) is 18.8. The smallest absolute Gasteiger partial charge is 0.191 e. The van der Waals surface area contributed by atoms with E-state index >= 15 is 0 Å². The molecule has 0 fully saturated rings. The van der Waals surface area contributed by atoms with Gasteiger partial charge in [-0.15, -0.1) is 0 Å². The molecule has 5 nitrogen and oxygen atoms in total. The Labute approximate surface area is 150 Å². The fourth-order valence-electron chi connectivity index (χ4n) is 2.74. The molecule has 25 heavy (non-hydrogen) atoms. The minimum Gasteiger partial charge on any atom is -0.356 e. The molecule has 0 aliphatic carbocycles. The van der Waals surface area contributed by atoms with Crippen molar-refractivity contribution in [3.05, 3.63) is 35.1 Å². The minimum atomic E-state index is -0.383. The molecule has 0 atom stereocenters. The van der Waals surface area contributed by atoms with Gasteiger partial charge in [-0.05, 0) is 46.2 Å². The average Bonchev–Trinajstić information content (AvgIpc) is 2.57. The molecule has 6 heteroatoms. The van der Waals surface area contributed by atoms with E-state index in [0.717, 1.165) is 19.5 Å². The maximum absolute atomic E-state index is 13.9. The molecule has 0 amide bonds. The van der Waals surface area contributed by atoms with Crippen molar-refractivity contribution in [1.82, 2.24) is 15.5 Å². The van der Waals surface area contributed by atoms with Crippen LogP contribution in [0.4, 0.5) is 4.39 Å². The second-order valence-electron chi connectivity index (χ2n) is 6.55. The van der Waals surface area contributed by atoms with Crippen LogP contribution in [0, 0.1) is 17.1 Å². The highest BCUT2D eigenvalue weighted by Crippen LogP contribution is 2.09. The van der Waals surface area contributed by atoms with Gasteiger partial charge in [-0.25, -0.2) is 4.39 Å². The number of nitrogens with one attached hydrogen (secondary N) is 2. The van der Waals surface area contributed by atoms with E-state index in [1.54, 1.807) is 19.2 Å². The van der Waals surface area contributed by atoms with Crippen LogP contribution in [0.15, 0.2) is 23.2 Å². The number of nitriles is 1. The van der Waals surface area contributed by atoms with Crippen LogP contribution in [-0.2, 0) is 6.54 Å². The Kier molecular flexibility index (Phi) is 8.93. The summed E-state index contributed by atoms with van der Waals surface area (Å²) >= 11 is 0. The summed E-state index contributed by atoms with van der Waals surface area (Å²) in [5, 5.41) is 15.1. The summed E-state index contributed by atoms with van der Waals surface area (Å²) in [5.41, 5.74) is 0.830. The van der Waals surface area contributed by atoms with Gasteiger partial charge in [0, 0.05) is 44.3 Å². The van der Waals surface area contributed by atoms with Crippen molar-refractivity contribution >= 4 is 5.96 Å². The molecule has 0 aliphatic heterocycles. The molecule has 0 aromatic heterocycles. The maximum atomic E-state index is 13.9. The van der Waals surface area contributed by atoms with Crippen molar-refractivity contribution < 1.29 is 4.39 Å². The number of benzene rings is 1. The van der Waals surface area contributed by atoms with Gasteiger partial charge in [-0.2, -0.15) is 5.26 Å². The van der Waals surface area contributed by atoms with Crippen molar-refractivity contribution in [3.63, 3.8) is 0 Å². The lowest BCUT2D eigenvalue weighted by Gasteiger charge is -2.30. The van der Waals surface area contributed by atoms with E-state index in [1.165, 1.54) is 6.07 Å². The third-order valence-electron chi connectivity index (χ3n) is 4.06. The molecule has 0 unspecified atom stereocenters. The van der Waals surface area contributed by atoms with E-state index in [1.807, 2.05) is 6.07 Å². The van der Waals surface area contributed by atoms with Gasteiger partial charge in [0.25, 0.3) is 0 Å². The van der Waals surface area contributed by atoms with Crippen LogP contribution in [0.2, 0.25) is 0 Å². The van der Waals surface area contributed by atoms with E-state index < -0.39 is 0 Å². The quantitative estimate of drug-likeness (QED) is 0.431. The first kappa shape index (κ1) is 20.9. The SMILES string of the molecule is CN=C(NCCCN(C(C)C)C(C)C)NCc1ccc(C#N)cc1F. The molecular formula is C19H30FN5. The highest BCUT2D eigenvalue weighted by Gasteiger charge is 2.12. The van der Waals surface area contributed by atoms with E-state index in [9.17, 15) is 4.39 Å². The summed E-state index contributed by atoms with van der Waals surface area (Å²) in [4.78, 5) is 6.61. The van der Waals surface area contributed by atoms with Crippen molar-refractivity contribution in [2.45, 2.75) is 52.7 Å². The molecule has 0 spiro atoms. The van der Waals surface area contributed by atoms with E-state index in [2.05, 4.69) is 48.2 Å². The Morgan fingerprint density at radius 3 is 2.44 bits per heavy atom. The standard InChI is InChI=1S/C19H30FN5/c1-14(2)25(15(3)4)10-6-9-23-19(22-5)24-13-17-8-7-16(12-21)11-18(17)20/h7-8,11,14-15H,6,9-10,13H2,1-5H3,(H2,22,23,24). The number of guanidine groups is 1. The lowest BCUT2D eigenvalue weighted by atomic mass is 10.1. The van der Waals surface area contributed by atoms with Crippen molar-refractivity contribution in [1.29, 1.82) is 5.26 Å². The lowest BCUT2D eigenvalue weighted by Crippen LogP contribution is -2.41. The zero-order valence-corrected chi connectivity index (χ0v) is 15.9. The largest absolute Gasteiger partial charge is 0.356 e. The van der Waals surface area contributed by atoms with E-state index in [4.69, 9.17) is 5.26 Å². The molecular weight excluding hydrogens is 317 g/mol. The number of halogens is 1. The van der Waals surface area contributed by atoms with Crippen LogP contribution in [0.1, 0.15) is 45.2 Å². The average molecular weight is 347 g/mol. The van der Waals surface area contributed by atoms with Crippen LogP contribution in [0.25, 0.3) is 0 Å². The van der Waals surface area contributed by atoms with Gasteiger partial charge in [0.1, 0.15) is 5.82 Å². The normalized spacial score (nSPS) is 11.9. The first-order chi connectivity index (χ1) is 11.9. The molecule has 1 aromatic carbocycles. The molecule has 138 valence electrons. The van der Waals surface area contributed by atoms with E-state index in [-0.39, 0.29) is 5.82 Å². The third-order valence-corrected chi connectivity index (χ3v) is 4.06. The molecule has 1 rings (SSSR count). The Bertz CT molecular complexity index is 596. The monoisotopic (exact) mass is 347 g/mol. The van der Waals surface area contributed by atoms with Crippen molar-refractivity contribution in [2.75, 3.05) is 20.1 Å². The van der Waals surface area contributed by atoms with Gasteiger partial charge in [0.05, 0.1) is 11.6 Å². The number of hydrogen-bond donors (Lipinski definition) is 2. The van der Waals surface area contributed by atoms with Gasteiger partial charge in [0.2, 0.25) is 0 Å². The molecule has 0 aliphatic rings. The van der Waals surface area contributed by atoms with Gasteiger partial charge in [-0.3, -0.25) is 9.89 Å². The number of aliphatic imine (C=N–C) groups is 1. The first-order valence-corrected chi connectivity index (χ1v) is 8.77. The number of rotatable bonds is 8. The van der Waals surface area contributed by atoms with Crippen LogP contribution >= 0.6 is 0 Å². The maximum Gasteiger partial charge on any atom is 0.191 e. The topological polar surface area (TPSA) is 63.5 Å². The van der Waals surface area contributed by atoms with Crippen LogP contribution in [-0.4, -0.2) is 43.1 Å². The summed E-state index contributed by atoms with van der Waals surface area (Å²) in [6.07, 6.45) is 1.00. The summed E-state index contributed by atoms with van der Waals surface area (Å²) in [6.45, 7) is 11.0. The predicted molar refractivity (Wildman–Crippen MR) is 101 cm³/mol. The molecule has 0 bridgehead atoms. The minimum absolute atomic E-state index is 0.321. The number of hydrogen-bond acceptors (Lipinski definition) is 3. The van der Waals surface area contributed by atoms with Gasteiger partial charge in [-0.1, -0.05) is 6.07 Å². The Morgan fingerprint density at radius 1 is 1.24 bits per heavy atom.